The second-order valence-corrected chi connectivity index (χ2v) is 7.92. The summed E-state index contributed by atoms with van der Waals surface area (Å²) in [5, 5.41) is 0. The molecular weight excluding hydrogens is 304 g/mol. The molecule has 22 heavy (non-hydrogen) atoms. The zero-order valence-corrected chi connectivity index (χ0v) is 13.4. The van der Waals surface area contributed by atoms with E-state index in [1.165, 1.54) is 0 Å². The van der Waals surface area contributed by atoms with E-state index >= 15 is 0 Å². The van der Waals surface area contributed by atoms with E-state index in [4.69, 9.17) is 9.47 Å². The summed E-state index contributed by atoms with van der Waals surface area (Å²) in [6.07, 6.45) is 5.65. The molecule has 122 valence electrons. The van der Waals surface area contributed by atoms with Crippen molar-refractivity contribution in [3.05, 3.63) is 24.5 Å². The minimum absolute atomic E-state index is 0.0892. The Morgan fingerprint density at radius 1 is 1.32 bits per heavy atom. The average molecular weight is 326 g/mol. The molecule has 6 nitrogen and oxygen atoms in total. The van der Waals surface area contributed by atoms with Gasteiger partial charge in [-0.1, -0.05) is 0 Å². The second-order valence-electron chi connectivity index (χ2n) is 5.91. The first-order valence-electron chi connectivity index (χ1n) is 7.76. The van der Waals surface area contributed by atoms with Gasteiger partial charge >= 0.3 is 0 Å². The van der Waals surface area contributed by atoms with E-state index in [0.717, 1.165) is 19.3 Å². The Balaban J connectivity index is 1.54. The van der Waals surface area contributed by atoms with Gasteiger partial charge in [0.25, 0.3) is 0 Å². The number of rotatable bonds is 5. The summed E-state index contributed by atoms with van der Waals surface area (Å²) < 4.78 is 37.7. The molecule has 7 heteroatoms. The van der Waals surface area contributed by atoms with Crippen LogP contribution in [0.1, 0.15) is 19.3 Å². The van der Waals surface area contributed by atoms with Gasteiger partial charge in [0.2, 0.25) is 10.0 Å². The van der Waals surface area contributed by atoms with Crippen LogP contribution in [0, 0.1) is 5.92 Å². The first-order chi connectivity index (χ1) is 10.6. The summed E-state index contributed by atoms with van der Waals surface area (Å²) in [7, 11) is -3.20. The number of aromatic nitrogens is 1. The van der Waals surface area contributed by atoms with E-state index in [2.05, 4.69) is 4.98 Å². The molecule has 0 unspecified atom stereocenters. The van der Waals surface area contributed by atoms with Gasteiger partial charge in [-0.05, 0) is 37.3 Å². The maximum atomic E-state index is 12.5. The van der Waals surface area contributed by atoms with Crippen molar-refractivity contribution in [2.75, 3.05) is 32.1 Å². The third-order valence-corrected chi connectivity index (χ3v) is 6.24. The molecule has 0 radical (unpaired) electrons. The van der Waals surface area contributed by atoms with Crippen molar-refractivity contribution in [2.45, 2.75) is 25.4 Å². The highest BCUT2D eigenvalue weighted by atomic mass is 32.2. The fourth-order valence-corrected chi connectivity index (χ4v) is 4.89. The lowest BCUT2D eigenvalue weighted by molar-refractivity contribution is 0.0720. The lowest BCUT2D eigenvalue weighted by Crippen LogP contribution is -2.36. The molecule has 2 aliphatic rings. The van der Waals surface area contributed by atoms with Crippen molar-refractivity contribution >= 4 is 10.0 Å². The zero-order chi connectivity index (χ0) is 15.4. The Bertz CT molecular complexity index is 572. The van der Waals surface area contributed by atoms with E-state index in [1.807, 2.05) is 12.1 Å². The van der Waals surface area contributed by atoms with Crippen molar-refractivity contribution in [1.82, 2.24) is 9.29 Å². The van der Waals surface area contributed by atoms with Gasteiger partial charge in [-0.3, -0.25) is 4.98 Å². The first kappa shape index (κ1) is 15.7. The predicted molar refractivity (Wildman–Crippen MR) is 82.2 cm³/mol. The molecule has 3 heterocycles. The summed E-state index contributed by atoms with van der Waals surface area (Å²) in [4.78, 5) is 4.00. The third kappa shape index (κ3) is 3.97. The summed E-state index contributed by atoms with van der Waals surface area (Å²) in [6, 6.07) is 3.65. The predicted octanol–water partition coefficient (Wildman–Crippen LogP) is 1.29. The van der Waals surface area contributed by atoms with Crippen LogP contribution in [0.5, 0.6) is 5.75 Å². The Morgan fingerprint density at radius 2 is 2.14 bits per heavy atom. The fraction of sp³-hybridized carbons (Fsp3) is 0.667. The molecule has 0 amide bonds. The molecule has 3 rings (SSSR count). The van der Waals surface area contributed by atoms with E-state index in [-0.39, 0.29) is 17.8 Å². The van der Waals surface area contributed by atoms with Crippen LogP contribution in [0.15, 0.2) is 24.5 Å². The molecule has 0 aliphatic carbocycles. The largest absolute Gasteiger partial charge is 0.487 e. The van der Waals surface area contributed by atoms with Crippen LogP contribution in [0.2, 0.25) is 0 Å². The van der Waals surface area contributed by atoms with Crippen LogP contribution in [-0.4, -0.2) is 55.9 Å². The number of ether oxygens (including phenoxy) is 2. The molecule has 1 aromatic rings. The number of pyridine rings is 1. The van der Waals surface area contributed by atoms with Gasteiger partial charge in [0.05, 0.1) is 18.5 Å². The highest BCUT2D eigenvalue weighted by Crippen LogP contribution is 2.23. The van der Waals surface area contributed by atoms with E-state index in [1.54, 1.807) is 16.7 Å². The van der Waals surface area contributed by atoms with Gasteiger partial charge in [-0.25, -0.2) is 8.42 Å². The molecule has 2 aliphatic heterocycles. The molecule has 0 aromatic carbocycles. The Kier molecular flexibility index (Phi) is 4.95. The van der Waals surface area contributed by atoms with Crippen molar-refractivity contribution < 1.29 is 17.9 Å². The zero-order valence-electron chi connectivity index (χ0n) is 12.6. The summed E-state index contributed by atoms with van der Waals surface area (Å²) in [5.41, 5.74) is 0. The lowest BCUT2D eigenvalue weighted by atomic mass is 10.0. The minimum Gasteiger partial charge on any atom is -0.487 e. The van der Waals surface area contributed by atoms with E-state index in [9.17, 15) is 8.42 Å². The van der Waals surface area contributed by atoms with Crippen molar-refractivity contribution in [1.29, 1.82) is 0 Å². The SMILES string of the molecule is O=S(=O)(CC1CCOCC1)N1CC[C@@H](Oc2cccnc2)C1. The van der Waals surface area contributed by atoms with Crippen LogP contribution < -0.4 is 4.74 Å². The van der Waals surface area contributed by atoms with Gasteiger partial charge in [0.1, 0.15) is 11.9 Å². The molecule has 1 aromatic heterocycles. The van der Waals surface area contributed by atoms with Gasteiger partial charge in [0.15, 0.2) is 0 Å². The number of hydrogen-bond acceptors (Lipinski definition) is 5. The van der Waals surface area contributed by atoms with Crippen LogP contribution in [0.25, 0.3) is 0 Å². The van der Waals surface area contributed by atoms with Crippen molar-refractivity contribution in [2.24, 2.45) is 5.92 Å². The minimum atomic E-state index is -3.20. The molecule has 2 saturated heterocycles. The van der Waals surface area contributed by atoms with Crippen LogP contribution >= 0.6 is 0 Å². The highest BCUT2D eigenvalue weighted by Gasteiger charge is 2.34. The maximum Gasteiger partial charge on any atom is 0.214 e. The number of hydrogen-bond donors (Lipinski definition) is 0. The van der Waals surface area contributed by atoms with Crippen LogP contribution in [0.4, 0.5) is 0 Å². The Hall–Kier alpha value is -1.18. The Labute approximate surface area is 131 Å². The van der Waals surface area contributed by atoms with Crippen LogP contribution in [0.3, 0.4) is 0 Å². The summed E-state index contributed by atoms with van der Waals surface area (Å²) in [5.74, 6) is 1.14. The molecule has 0 saturated carbocycles. The van der Waals surface area contributed by atoms with Gasteiger partial charge in [0, 0.05) is 26.0 Å². The van der Waals surface area contributed by atoms with E-state index < -0.39 is 10.0 Å². The summed E-state index contributed by atoms with van der Waals surface area (Å²) in [6.45, 7) is 2.32. The maximum absolute atomic E-state index is 12.5. The summed E-state index contributed by atoms with van der Waals surface area (Å²) >= 11 is 0. The highest BCUT2D eigenvalue weighted by molar-refractivity contribution is 7.89. The Morgan fingerprint density at radius 3 is 2.86 bits per heavy atom. The smallest absolute Gasteiger partial charge is 0.214 e. The topological polar surface area (TPSA) is 68.7 Å². The number of sulfonamides is 1. The van der Waals surface area contributed by atoms with Crippen molar-refractivity contribution in [3.8, 4) is 5.75 Å². The van der Waals surface area contributed by atoms with Crippen molar-refractivity contribution in [3.63, 3.8) is 0 Å². The quantitative estimate of drug-likeness (QED) is 0.815. The third-order valence-electron chi connectivity index (χ3n) is 4.23. The normalized spacial score (nSPS) is 24.5. The molecule has 0 bridgehead atoms. The molecule has 0 N–H and O–H groups in total. The van der Waals surface area contributed by atoms with Gasteiger partial charge < -0.3 is 9.47 Å². The van der Waals surface area contributed by atoms with Gasteiger partial charge in [-0.15, -0.1) is 0 Å². The van der Waals surface area contributed by atoms with Crippen LogP contribution in [-0.2, 0) is 14.8 Å². The fourth-order valence-electron chi connectivity index (χ4n) is 2.97. The van der Waals surface area contributed by atoms with Gasteiger partial charge in [-0.2, -0.15) is 4.31 Å². The lowest BCUT2D eigenvalue weighted by Gasteiger charge is -2.24. The van der Waals surface area contributed by atoms with E-state index in [0.29, 0.717) is 32.1 Å². The monoisotopic (exact) mass is 326 g/mol. The average Bonchev–Trinajstić information content (AvgIpc) is 2.98. The first-order valence-corrected chi connectivity index (χ1v) is 9.37. The molecule has 2 fully saturated rings. The molecule has 0 spiro atoms. The molecular formula is C15H22N2O4S. The standard InChI is InChI=1S/C15H22N2O4S/c18-22(19,12-13-4-8-20-9-5-13)17-7-3-15(11-17)21-14-2-1-6-16-10-14/h1-2,6,10,13,15H,3-5,7-9,11-12H2/t15-/m1/s1. The second kappa shape index (κ2) is 6.93. The molecule has 1 atom stereocenters. The number of nitrogens with zero attached hydrogens (tertiary/aromatic N) is 2.